The summed E-state index contributed by atoms with van der Waals surface area (Å²) >= 11 is 1.63. The number of nitrogen functional groups attached to an aromatic ring is 1. The average molecular weight is 616 g/mol. The number of benzene rings is 3. The SMILES string of the molecule is Cn1ccnc1SCC1CC(c2ccc(CO)cc2)OC(c2cccc(NC(=O)CCCC(=O)Nc3ccccc3N)c2)O1. The van der Waals surface area contributed by atoms with Gasteiger partial charge in [0, 0.05) is 55.7 Å². The van der Waals surface area contributed by atoms with Crippen molar-refractivity contribution in [3.05, 3.63) is 102 Å². The zero-order valence-corrected chi connectivity index (χ0v) is 25.3. The summed E-state index contributed by atoms with van der Waals surface area (Å²) in [6.45, 7) is -0.0189. The number of anilines is 3. The van der Waals surface area contributed by atoms with Gasteiger partial charge >= 0.3 is 0 Å². The molecule has 11 heteroatoms. The molecule has 44 heavy (non-hydrogen) atoms. The van der Waals surface area contributed by atoms with Gasteiger partial charge in [0.15, 0.2) is 11.4 Å². The van der Waals surface area contributed by atoms with Crippen molar-refractivity contribution >= 4 is 40.6 Å². The largest absolute Gasteiger partial charge is 0.397 e. The Balaban J connectivity index is 1.20. The fourth-order valence-corrected chi connectivity index (χ4v) is 5.85. The van der Waals surface area contributed by atoms with Crippen LogP contribution in [-0.4, -0.2) is 38.3 Å². The van der Waals surface area contributed by atoms with Crippen LogP contribution in [0, 0.1) is 0 Å². The number of nitrogens with one attached hydrogen (secondary N) is 2. The Kier molecular flexibility index (Phi) is 10.7. The smallest absolute Gasteiger partial charge is 0.224 e. The second-order valence-corrected chi connectivity index (χ2v) is 11.6. The van der Waals surface area contributed by atoms with E-state index in [1.807, 2.05) is 66.3 Å². The van der Waals surface area contributed by atoms with Gasteiger partial charge in [0.1, 0.15) is 0 Å². The van der Waals surface area contributed by atoms with E-state index in [0.717, 1.165) is 21.8 Å². The summed E-state index contributed by atoms with van der Waals surface area (Å²) in [5.41, 5.74) is 10.2. The molecule has 1 aliphatic heterocycles. The molecule has 230 valence electrons. The maximum Gasteiger partial charge on any atom is 0.224 e. The number of aliphatic hydroxyl groups excluding tert-OH is 1. The summed E-state index contributed by atoms with van der Waals surface area (Å²) in [7, 11) is 1.96. The van der Waals surface area contributed by atoms with E-state index in [4.69, 9.17) is 15.2 Å². The second-order valence-electron chi connectivity index (χ2n) is 10.6. The van der Waals surface area contributed by atoms with E-state index >= 15 is 0 Å². The molecule has 3 unspecified atom stereocenters. The minimum absolute atomic E-state index is 0.0189. The number of nitrogens with two attached hydrogens (primary N) is 1. The minimum atomic E-state index is -0.649. The average Bonchev–Trinajstić information content (AvgIpc) is 3.45. The van der Waals surface area contributed by atoms with Crippen LogP contribution in [-0.2, 0) is 32.7 Å². The van der Waals surface area contributed by atoms with Gasteiger partial charge in [-0.2, -0.15) is 0 Å². The maximum absolute atomic E-state index is 12.7. The normalized spacial score (nSPS) is 18.1. The molecule has 0 radical (unpaired) electrons. The van der Waals surface area contributed by atoms with Crippen LogP contribution in [0.1, 0.15) is 54.8 Å². The van der Waals surface area contributed by atoms with Crippen molar-refractivity contribution in [2.75, 3.05) is 22.1 Å². The minimum Gasteiger partial charge on any atom is -0.397 e. The lowest BCUT2D eigenvalue weighted by atomic mass is 10.0. The van der Waals surface area contributed by atoms with Crippen molar-refractivity contribution in [1.82, 2.24) is 9.55 Å². The zero-order valence-electron chi connectivity index (χ0n) is 24.5. The molecule has 5 N–H and O–H groups in total. The summed E-state index contributed by atoms with van der Waals surface area (Å²) in [6, 6.07) is 22.3. The number of aliphatic hydroxyl groups is 1. The quantitative estimate of drug-likeness (QED) is 0.120. The molecule has 10 nitrogen and oxygen atoms in total. The Morgan fingerprint density at radius 1 is 1.00 bits per heavy atom. The van der Waals surface area contributed by atoms with Crippen LogP contribution in [0.2, 0.25) is 0 Å². The highest BCUT2D eigenvalue weighted by molar-refractivity contribution is 7.99. The predicted molar refractivity (Wildman–Crippen MR) is 171 cm³/mol. The number of aromatic nitrogens is 2. The molecule has 1 aliphatic rings. The van der Waals surface area contributed by atoms with Gasteiger partial charge in [-0.25, -0.2) is 4.98 Å². The lowest BCUT2D eigenvalue weighted by Gasteiger charge is -2.36. The van der Waals surface area contributed by atoms with Crippen LogP contribution in [0.15, 0.2) is 90.3 Å². The molecule has 5 rings (SSSR count). The van der Waals surface area contributed by atoms with Gasteiger partial charge in [-0.15, -0.1) is 0 Å². The highest BCUT2D eigenvalue weighted by Crippen LogP contribution is 2.39. The van der Waals surface area contributed by atoms with Crippen molar-refractivity contribution in [3.8, 4) is 0 Å². The highest BCUT2D eigenvalue weighted by atomic mass is 32.2. The van der Waals surface area contributed by atoms with Gasteiger partial charge in [0.25, 0.3) is 0 Å². The third kappa shape index (κ3) is 8.48. The summed E-state index contributed by atoms with van der Waals surface area (Å²) in [4.78, 5) is 29.4. The van der Waals surface area contributed by atoms with E-state index < -0.39 is 6.29 Å². The van der Waals surface area contributed by atoms with Crippen LogP contribution in [0.4, 0.5) is 17.1 Å². The Hall–Kier alpha value is -4.16. The van der Waals surface area contributed by atoms with E-state index in [2.05, 4.69) is 15.6 Å². The number of aryl methyl sites for hydroxylation is 1. The molecule has 0 bridgehead atoms. The number of amides is 2. The van der Waals surface area contributed by atoms with Crippen molar-refractivity contribution < 1.29 is 24.2 Å². The molecule has 1 aromatic heterocycles. The number of rotatable bonds is 12. The lowest BCUT2D eigenvalue weighted by molar-refractivity contribution is -0.245. The lowest BCUT2D eigenvalue weighted by Crippen LogP contribution is -2.31. The number of thioether (sulfide) groups is 1. The second kappa shape index (κ2) is 15.0. The van der Waals surface area contributed by atoms with Crippen molar-refractivity contribution in [2.24, 2.45) is 7.05 Å². The zero-order chi connectivity index (χ0) is 30.9. The number of ether oxygens (including phenoxy) is 2. The maximum atomic E-state index is 12.7. The van der Waals surface area contributed by atoms with E-state index in [1.165, 1.54) is 0 Å². The first kappa shape index (κ1) is 31.3. The molecule has 2 heterocycles. The van der Waals surface area contributed by atoms with Gasteiger partial charge < -0.3 is 35.5 Å². The molecule has 0 aliphatic carbocycles. The van der Waals surface area contributed by atoms with Crippen LogP contribution in [0.5, 0.6) is 0 Å². The number of hydrogen-bond donors (Lipinski definition) is 4. The van der Waals surface area contributed by atoms with Gasteiger partial charge in [0.2, 0.25) is 11.8 Å². The Labute approximate surface area is 261 Å². The molecule has 3 atom stereocenters. The van der Waals surface area contributed by atoms with Crippen LogP contribution >= 0.6 is 11.8 Å². The topological polar surface area (TPSA) is 141 Å². The summed E-state index contributed by atoms with van der Waals surface area (Å²) in [5, 5.41) is 16.1. The van der Waals surface area contributed by atoms with Gasteiger partial charge in [-0.1, -0.05) is 60.3 Å². The standard InChI is InChI=1S/C33H37N5O5S/c1-38-17-16-35-33(38)44-21-26-19-29(23-14-12-22(20-39)13-15-23)43-32(42-26)24-6-4-7-25(18-24)36-30(40)10-5-11-31(41)37-28-9-3-2-8-27(28)34/h2-4,6-9,12-18,26,29,32,39H,5,10-11,19-21,34H2,1H3,(H,36,40)(H,37,41). The molecular formula is C33H37N5O5S. The monoisotopic (exact) mass is 615 g/mol. The first-order valence-corrected chi connectivity index (χ1v) is 15.5. The molecular weight excluding hydrogens is 578 g/mol. The molecule has 1 saturated heterocycles. The number of carbonyl (C=O) groups is 2. The van der Waals surface area contributed by atoms with Crippen LogP contribution in [0.3, 0.4) is 0 Å². The number of hydrogen-bond acceptors (Lipinski definition) is 8. The van der Waals surface area contributed by atoms with E-state index in [1.54, 1.807) is 42.2 Å². The third-order valence-electron chi connectivity index (χ3n) is 7.28. The van der Waals surface area contributed by atoms with Crippen LogP contribution < -0.4 is 16.4 Å². The fourth-order valence-electron chi connectivity index (χ4n) is 4.90. The van der Waals surface area contributed by atoms with Gasteiger partial charge in [-0.05, 0) is 41.8 Å². The number of nitrogens with zero attached hydrogens (tertiary/aromatic N) is 2. The molecule has 2 amide bonds. The summed E-state index contributed by atoms with van der Waals surface area (Å²) < 4.78 is 14.9. The third-order valence-corrected chi connectivity index (χ3v) is 8.47. The van der Waals surface area contributed by atoms with Gasteiger partial charge in [0.05, 0.1) is 30.2 Å². The first-order valence-electron chi connectivity index (χ1n) is 14.5. The Morgan fingerprint density at radius 3 is 2.50 bits per heavy atom. The fraction of sp³-hybridized carbons (Fsp3) is 0.303. The number of carbonyl (C=O) groups excluding carboxylic acids is 2. The van der Waals surface area contributed by atoms with E-state index in [9.17, 15) is 14.7 Å². The molecule has 3 aromatic carbocycles. The number of imidazole rings is 1. The molecule has 1 fully saturated rings. The van der Waals surface area contributed by atoms with Crippen molar-refractivity contribution in [1.29, 1.82) is 0 Å². The first-order chi connectivity index (χ1) is 21.4. The van der Waals surface area contributed by atoms with E-state index in [-0.39, 0.29) is 43.5 Å². The Bertz CT molecular complexity index is 1560. The summed E-state index contributed by atoms with van der Waals surface area (Å²) in [6.07, 6.45) is 4.15. The number of para-hydroxylation sites is 2. The van der Waals surface area contributed by atoms with Gasteiger partial charge in [-0.3, -0.25) is 9.59 Å². The molecule has 4 aromatic rings. The van der Waals surface area contributed by atoms with E-state index in [0.29, 0.717) is 35.7 Å². The predicted octanol–water partition coefficient (Wildman–Crippen LogP) is 5.58. The van der Waals surface area contributed by atoms with Crippen molar-refractivity contribution in [3.63, 3.8) is 0 Å². The highest BCUT2D eigenvalue weighted by Gasteiger charge is 2.32. The Morgan fingerprint density at radius 2 is 1.77 bits per heavy atom. The summed E-state index contributed by atoms with van der Waals surface area (Å²) in [5.74, 6) is 0.308. The van der Waals surface area contributed by atoms with Crippen molar-refractivity contribution in [2.45, 2.75) is 55.9 Å². The molecule has 0 saturated carbocycles. The van der Waals surface area contributed by atoms with Crippen LogP contribution in [0.25, 0.3) is 0 Å². The molecule has 0 spiro atoms.